The molecule has 0 aromatic heterocycles. The van der Waals surface area contributed by atoms with Gasteiger partial charge in [-0.2, -0.15) is 0 Å². The van der Waals surface area contributed by atoms with E-state index in [9.17, 15) is 4.79 Å². The molecule has 5 atom stereocenters. The van der Waals surface area contributed by atoms with Crippen molar-refractivity contribution in [1.82, 2.24) is 0 Å². The average molecular weight is 264 g/mol. The summed E-state index contributed by atoms with van der Waals surface area (Å²) in [5, 5.41) is 0. The van der Waals surface area contributed by atoms with Crippen LogP contribution in [0.15, 0.2) is 0 Å². The predicted octanol–water partition coefficient (Wildman–Crippen LogP) is 5.09. The second kappa shape index (κ2) is 4.90. The molecule has 0 radical (unpaired) electrons. The summed E-state index contributed by atoms with van der Waals surface area (Å²) in [5.74, 6) is 3.80. The second-order valence-corrected chi connectivity index (χ2v) is 7.73. The van der Waals surface area contributed by atoms with Crippen molar-refractivity contribution in [2.24, 2.45) is 34.5 Å². The van der Waals surface area contributed by atoms with E-state index in [2.05, 4.69) is 27.7 Å². The maximum Gasteiger partial charge on any atom is 0.133 e. The average Bonchev–Trinajstić information content (AvgIpc) is 2.38. The molecule has 1 heteroatoms. The maximum atomic E-state index is 11.6. The first kappa shape index (κ1) is 15.1. The quantitative estimate of drug-likeness (QED) is 0.595. The van der Waals surface area contributed by atoms with Crippen molar-refractivity contribution in [2.45, 2.75) is 73.6 Å². The van der Waals surface area contributed by atoms with Crippen molar-refractivity contribution in [3.63, 3.8) is 0 Å². The Morgan fingerprint density at radius 3 is 2.26 bits per heavy atom. The van der Waals surface area contributed by atoms with E-state index in [-0.39, 0.29) is 0 Å². The number of carbonyl (C=O) groups excluding carboxylic acids is 1. The molecule has 1 spiro atoms. The summed E-state index contributed by atoms with van der Waals surface area (Å²) >= 11 is 0. The first-order valence-electron chi connectivity index (χ1n) is 8.39. The van der Waals surface area contributed by atoms with E-state index in [0.717, 1.165) is 30.6 Å². The molecule has 5 unspecified atom stereocenters. The van der Waals surface area contributed by atoms with Crippen LogP contribution in [0, 0.1) is 34.5 Å². The van der Waals surface area contributed by atoms with Crippen LogP contribution in [-0.4, -0.2) is 5.78 Å². The lowest BCUT2D eigenvalue weighted by Crippen LogP contribution is -2.61. The molecule has 0 aromatic carbocycles. The Morgan fingerprint density at radius 2 is 1.79 bits per heavy atom. The topological polar surface area (TPSA) is 17.1 Å². The van der Waals surface area contributed by atoms with Crippen molar-refractivity contribution >= 4 is 5.78 Å². The molecular weight excluding hydrogens is 232 g/mol. The SMILES string of the molecule is CC.CC1CC(=O)CCC12CC1CC(C2C)C1(C)C. The highest BCUT2D eigenvalue weighted by molar-refractivity contribution is 5.79. The molecule has 0 aromatic rings. The highest BCUT2D eigenvalue weighted by Gasteiger charge is 2.63. The van der Waals surface area contributed by atoms with Crippen molar-refractivity contribution in [1.29, 1.82) is 0 Å². The van der Waals surface area contributed by atoms with Gasteiger partial charge in [0.1, 0.15) is 5.78 Å². The highest BCUT2D eigenvalue weighted by Crippen LogP contribution is 2.70. The van der Waals surface area contributed by atoms with Gasteiger partial charge < -0.3 is 0 Å². The summed E-state index contributed by atoms with van der Waals surface area (Å²) in [4.78, 5) is 11.6. The van der Waals surface area contributed by atoms with E-state index in [1.807, 2.05) is 13.8 Å². The molecule has 0 heterocycles. The zero-order valence-electron chi connectivity index (χ0n) is 13.8. The monoisotopic (exact) mass is 264 g/mol. The van der Waals surface area contributed by atoms with Crippen molar-refractivity contribution in [3.05, 3.63) is 0 Å². The minimum Gasteiger partial charge on any atom is -0.300 e. The third kappa shape index (κ3) is 1.99. The number of hydrogen-bond donors (Lipinski definition) is 0. The summed E-state index contributed by atoms with van der Waals surface area (Å²) in [6.45, 7) is 13.8. The van der Waals surface area contributed by atoms with Gasteiger partial charge in [-0.25, -0.2) is 0 Å². The van der Waals surface area contributed by atoms with Gasteiger partial charge in [-0.3, -0.25) is 4.79 Å². The van der Waals surface area contributed by atoms with Crippen LogP contribution in [0.5, 0.6) is 0 Å². The third-order valence-corrected chi connectivity index (χ3v) is 7.07. The van der Waals surface area contributed by atoms with Gasteiger partial charge in [0, 0.05) is 12.8 Å². The van der Waals surface area contributed by atoms with E-state index in [1.54, 1.807) is 0 Å². The van der Waals surface area contributed by atoms with Crippen molar-refractivity contribution in [3.8, 4) is 0 Å². The number of Topliss-reactive ketones (excluding diaryl/α,β-unsaturated/α-hetero) is 1. The van der Waals surface area contributed by atoms with Crippen LogP contribution < -0.4 is 0 Å². The molecule has 0 aliphatic heterocycles. The Balaban J connectivity index is 0.000000637. The second-order valence-electron chi connectivity index (χ2n) is 7.73. The molecule has 110 valence electrons. The van der Waals surface area contributed by atoms with E-state index in [0.29, 0.717) is 22.5 Å². The van der Waals surface area contributed by atoms with Crippen LogP contribution in [0.25, 0.3) is 0 Å². The minimum absolute atomic E-state index is 0.508. The molecule has 0 saturated heterocycles. The van der Waals surface area contributed by atoms with E-state index in [1.165, 1.54) is 19.3 Å². The van der Waals surface area contributed by atoms with Gasteiger partial charge in [0.25, 0.3) is 0 Å². The van der Waals surface area contributed by atoms with Crippen LogP contribution in [0.3, 0.4) is 0 Å². The molecule has 1 nitrogen and oxygen atoms in total. The fourth-order valence-electron chi connectivity index (χ4n) is 5.54. The Kier molecular flexibility index (Phi) is 3.88. The zero-order chi connectivity index (χ0) is 14.4. The number of carbonyl (C=O) groups is 1. The first-order valence-corrected chi connectivity index (χ1v) is 8.39. The molecule has 4 fully saturated rings. The molecule has 0 N–H and O–H groups in total. The van der Waals surface area contributed by atoms with Gasteiger partial charge in [0.2, 0.25) is 0 Å². The summed E-state index contributed by atoms with van der Waals surface area (Å²) in [6.07, 6.45) is 5.73. The molecule has 0 amide bonds. The lowest BCUT2D eigenvalue weighted by molar-refractivity contribution is -0.195. The van der Waals surface area contributed by atoms with Crippen LogP contribution in [0.4, 0.5) is 0 Å². The molecule has 4 aliphatic rings. The Morgan fingerprint density at radius 1 is 1.16 bits per heavy atom. The summed E-state index contributed by atoms with van der Waals surface area (Å²) in [6, 6.07) is 0. The van der Waals surface area contributed by atoms with Crippen LogP contribution >= 0.6 is 0 Å². The zero-order valence-corrected chi connectivity index (χ0v) is 13.8. The number of rotatable bonds is 0. The summed E-state index contributed by atoms with van der Waals surface area (Å²) < 4.78 is 0. The minimum atomic E-state index is 0.508. The fraction of sp³-hybridized carbons (Fsp3) is 0.944. The lowest BCUT2D eigenvalue weighted by Gasteiger charge is -2.68. The lowest BCUT2D eigenvalue weighted by atomic mass is 9.36. The fourth-order valence-corrected chi connectivity index (χ4v) is 5.54. The Labute approximate surface area is 119 Å². The maximum absolute atomic E-state index is 11.6. The van der Waals surface area contributed by atoms with Gasteiger partial charge in [-0.15, -0.1) is 0 Å². The first-order chi connectivity index (χ1) is 8.88. The van der Waals surface area contributed by atoms with Crippen molar-refractivity contribution < 1.29 is 4.79 Å². The van der Waals surface area contributed by atoms with Gasteiger partial charge >= 0.3 is 0 Å². The molecule has 4 saturated carbocycles. The molecule has 19 heavy (non-hydrogen) atoms. The van der Waals surface area contributed by atoms with Gasteiger partial charge in [-0.1, -0.05) is 41.5 Å². The summed E-state index contributed by atoms with van der Waals surface area (Å²) in [7, 11) is 0. The van der Waals surface area contributed by atoms with Crippen LogP contribution in [-0.2, 0) is 4.79 Å². The van der Waals surface area contributed by atoms with Crippen molar-refractivity contribution in [2.75, 3.05) is 0 Å². The smallest absolute Gasteiger partial charge is 0.133 e. The number of hydrogen-bond acceptors (Lipinski definition) is 1. The molecule has 2 bridgehead atoms. The largest absolute Gasteiger partial charge is 0.300 e. The predicted molar refractivity (Wildman–Crippen MR) is 81.0 cm³/mol. The van der Waals surface area contributed by atoms with Gasteiger partial charge in [0.15, 0.2) is 0 Å². The number of ketones is 1. The summed E-state index contributed by atoms with van der Waals surface area (Å²) in [5.41, 5.74) is 1.09. The Hall–Kier alpha value is -0.330. The highest BCUT2D eigenvalue weighted by atomic mass is 16.1. The Bertz CT molecular complexity index is 357. The molecular formula is C18H32O. The van der Waals surface area contributed by atoms with Gasteiger partial charge in [-0.05, 0) is 53.8 Å². The van der Waals surface area contributed by atoms with E-state index in [4.69, 9.17) is 0 Å². The van der Waals surface area contributed by atoms with E-state index >= 15 is 0 Å². The standard InChI is InChI=1S/C16H26O.C2H6/c1-10-7-13(17)5-6-16(10)9-12-8-14(11(16)2)15(12,3)4;1-2/h10-12,14H,5-9H2,1-4H3;1-2H3. The van der Waals surface area contributed by atoms with E-state index < -0.39 is 0 Å². The van der Waals surface area contributed by atoms with Crippen LogP contribution in [0.2, 0.25) is 0 Å². The third-order valence-electron chi connectivity index (χ3n) is 7.07. The van der Waals surface area contributed by atoms with Gasteiger partial charge in [0.05, 0.1) is 0 Å². The van der Waals surface area contributed by atoms with Crippen LogP contribution in [0.1, 0.15) is 73.6 Å². The normalized spacial score (nSPS) is 47.2. The molecule has 4 rings (SSSR count). The molecule has 4 aliphatic carbocycles.